The van der Waals surface area contributed by atoms with Crippen molar-refractivity contribution in [3.05, 3.63) is 23.9 Å². The summed E-state index contributed by atoms with van der Waals surface area (Å²) in [4.78, 5) is 15.8. The Hall–Kier alpha value is -1.38. The first-order valence-electron chi connectivity index (χ1n) is 4.95. The quantitative estimate of drug-likeness (QED) is 0.684. The van der Waals surface area contributed by atoms with E-state index in [-0.39, 0.29) is 11.7 Å². The molecule has 0 N–H and O–H groups in total. The molecule has 74 valence electrons. The molecule has 0 aliphatic heterocycles. The molecule has 0 aromatic carbocycles. The third-order valence-electron chi connectivity index (χ3n) is 2.27. The standard InChI is InChI=1S/C11H13NO2/c1-2-14-11-9(4-3-7-12-11)10(13)8-5-6-8/h3-4,7-8H,2,5-6H2,1H3. The van der Waals surface area contributed by atoms with E-state index in [9.17, 15) is 4.79 Å². The van der Waals surface area contributed by atoms with Crippen LogP contribution in [-0.2, 0) is 0 Å². The first-order valence-corrected chi connectivity index (χ1v) is 4.95. The van der Waals surface area contributed by atoms with Crippen molar-refractivity contribution in [2.75, 3.05) is 6.61 Å². The second-order valence-electron chi connectivity index (χ2n) is 3.43. The Balaban J connectivity index is 2.25. The van der Waals surface area contributed by atoms with Crippen molar-refractivity contribution in [3.63, 3.8) is 0 Å². The molecule has 0 radical (unpaired) electrons. The van der Waals surface area contributed by atoms with Crippen molar-refractivity contribution in [2.45, 2.75) is 19.8 Å². The van der Waals surface area contributed by atoms with E-state index >= 15 is 0 Å². The summed E-state index contributed by atoms with van der Waals surface area (Å²) in [6.07, 6.45) is 3.67. The molecule has 0 atom stereocenters. The van der Waals surface area contributed by atoms with Gasteiger partial charge in [-0.25, -0.2) is 4.98 Å². The number of pyridine rings is 1. The Morgan fingerprint density at radius 2 is 2.43 bits per heavy atom. The van der Waals surface area contributed by atoms with Gasteiger partial charge in [0.15, 0.2) is 5.78 Å². The van der Waals surface area contributed by atoms with Crippen LogP contribution in [0.2, 0.25) is 0 Å². The van der Waals surface area contributed by atoms with Crippen molar-refractivity contribution in [1.82, 2.24) is 4.98 Å². The summed E-state index contributed by atoms with van der Waals surface area (Å²) in [5.41, 5.74) is 0.636. The molecule has 1 aromatic rings. The van der Waals surface area contributed by atoms with Gasteiger partial charge in [0.2, 0.25) is 5.88 Å². The number of carbonyl (C=O) groups excluding carboxylic acids is 1. The van der Waals surface area contributed by atoms with Gasteiger partial charge in [-0.05, 0) is 31.9 Å². The summed E-state index contributed by atoms with van der Waals surface area (Å²) in [5.74, 6) is 0.881. The lowest BCUT2D eigenvalue weighted by Crippen LogP contribution is -2.06. The molecule has 2 rings (SSSR count). The molecule has 3 heteroatoms. The van der Waals surface area contributed by atoms with E-state index in [1.54, 1.807) is 18.3 Å². The molecule has 3 nitrogen and oxygen atoms in total. The topological polar surface area (TPSA) is 39.2 Å². The van der Waals surface area contributed by atoms with Gasteiger partial charge in [-0.3, -0.25) is 4.79 Å². The number of aromatic nitrogens is 1. The van der Waals surface area contributed by atoms with E-state index < -0.39 is 0 Å². The highest BCUT2D eigenvalue weighted by Gasteiger charge is 2.32. The lowest BCUT2D eigenvalue weighted by molar-refractivity contribution is 0.0963. The van der Waals surface area contributed by atoms with E-state index in [4.69, 9.17) is 4.74 Å². The predicted octanol–water partition coefficient (Wildman–Crippen LogP) is 2.07. The molecular formula is C11H13NO2. The molecule has 14 heavy (non-hydrogen) atoms. The highest BCUT2D eigenvalue weighted by atomic mass is 16.5. The number of hydrogen-bond acceptors (Lipinski definition) is 3. The summed E-state index contributed by atoms with van der Waals surface area (Å²) in [7, 11) is 0. The van der Waals surface area contributed by atoms with Crippen LogP contribution in [0.3, 0.4) is 0 Å². The summed E-state index contributed by atoms with van der Waals surface area (Å²) in [5, 5.41) is 0. The smallest absolute Gasteiger partial charge is 0.224 e. The molecule has 1 aliphatic rings. The minimum absolute atomic E-state index is 0.182. The fourth-order valence-electron chi connectivity index (χ4n) is 1.40. The van der Waals surface area contributed by atoms with Crippen LogP contribution in [0.1, 0.15) is 30.1 Å². The van der Waals surface area contributed by atoms with Gasteiger partial charge < -0.3 is 4.74 Å². The van der Waals surface area contributed by atoms with E-state index in [2.05, 4.69) is 4.98 Å². The third-order valence-corrected chi connectivity index (χ3v) is 2.27. The average Bonchev–Trinajstić information content (AvgIpc) is 3.01. The Kier molecular flexibility index (Phi) is 2.48. The maximum absolute atomic E-state index is 11.8. The van der Waals surface area contributed by atoms with Crippen LogP contribution < -0.4 is 4.74 Å². The zero-order chi connectivity index (χ0) is 9.97. The molecule has 1 aliphatic carbocycles. The Morgan fingerprint density at radius 3 is 3.07 bits per heavy atom. The van der Waals surface area contributed by atoms with Gasteiger partial charge in [-0.1, -0.05) is 0 Å². The number of rotatable bonds is 4. The van der Waals surface area contributed by atoms with Crippen LogP contribution in [0.5, 0.6) is 5.88 Å². The zero-order valence-electron chi connectivity index (χ0n) is 8.19. The third kappa shape index (κ3) is 1.76. The first-order chi connectivity index (χ1) is 6.83. The van der Waals surface area contributed by atoms with Gasteiger partial charge in [0.1, 0.15) is 0 Å². The summed E-state index contributed by atoms with van der Waals surface area (Å²) in [6, 6.07) is 3.57. The molecule has 1 aromatic heterocycles. The van der Waals surface area contributed by atoms with Crippen molar-refractivity contribution in [2.24, 2.45) is 5.92 Å². The van der Waals surface area contributed by atoms with Crippen LogP contribution in [0.25, 0.3) is 0 Å². The minimum atomic E-state index is 0.182. The summed E-state index contributed by atoms with van der Waals surface area (Å²) < 4.78 is 5.30. The van der Waals surface area contributed by atoms with Crippen LogP contribution in [0.4, 0.5) is 0 Å². The normalized spacial score (nSPS) is 15.2. The number of carbonyl (C=O) groups is 1. The monoisotopic (exact) mass is 191 g/mol. The number of ketones is 1. The van der Waals surface area contributed by atoms with Crippen molar-refractivity contribution >= 4 is 5.78 Å². The lowest BCUT2D eigenvalue weighted by atomic mass is 10.1. The van der Waals surface area contributed by atoms with Crippen LogP contribution in [0, 0.1) is 5.92 Å². The van der Waals surface area contributed by atoms with E-state index in [1.807, 2.05) is 6.92 Å². The first kappa shape index (κ1) is 9.19. The van der Waals surface area contributed by atoms with E-state index in [1.165, 1.54) is 0 Å². The lowest BCUT2D eigenvalue weighted by Gasteiger charge is -2.06. The second-order valence-corrected chi connectivity index (χ2v) is 3.43. The van der Waals surface area contributed by atoms with Gasteiger partial charge in [0.05, 0.1) is 12.2 Å². The predicted molar refractivity (Wildman–Crippen MR) is 52.5 cm³/mol. The van der Waals surface area contributed by atoms with Crippen LogP contribution in [-0.4, -0.2) is 17.4 Å². The molecule has 0 bridgehead atoms. The van der Waals surface area contributed by atoms with E-state index in [0.717, 1.165) is 12.8 Å². The van der Waals surface area contributed by atoms with Gasteiger partial charge in [-0.15, -0.1) is 0 Å². The summed E-state index contributed by atoms with van der Waals surface area (Å²) in [6.45, 7) is 2.43. The number of Topliss-reactive ketones (excluding diaryl/α,β-unsaturated/α-hetero) is 1. The van der Waals surface area contributed by atoms with Gasteiger partial charge >= 0.3 is 0 Å². The molecule has 0 unspecified atom stereocenters. The highest BCUT2D eigenvalue weighted by molar-refractivity contribution is 6.01. The molecular weight excluding hydrogens is 178 g/mol. The Morgan fingerprint density at radius 1 is 1.64 bits per heavy atom. The fraction of sp³-hybridized carbons (Fsp3) is 0.455. The molecule has 1 fully saturated rings. The maximum Gasteiger partial charge on any atom is 0.224 e. The number of hydrogen-bond donors (Lipinski definition) is 0. The molecule has 1 heterocycles. The largest absolute Gasteiger partial charge is 0.477 e. The van der Waals surface area contributed by atoms with E-state index in [0.29, 0.717) is 18.1 Å². The van der Waals surface area contributed by atoms with Gasteiger partial charge in [0, 0.05) is 12.1 Å². The van der Waals surface area contributed by atoms with Crippen molar-refractivity contribution in [1.29, 1.82) is 0 Å². The van der Waals surface area contributed by atoms with Crippen molar-refractivity contribution < 1.29 is 9.53 Å². The minimum Gasteiger partial charge on any atom is -0.477 e. The molecule has 1 saturated carbocycles. The Bertz CT molecular complexity index is 345. The molecule has 0 amide bonds. The van der Waals surface area contributed by atoms with Gasteiger partial charge in [-0.2, -0.15) is 0 Å². The molecule has 0 saturated heterocycles. The average molecular weight is 191 g/mol. The van der Waals surface area contributed by atoms with Gasteiger partial charge in [0.25, 0.3) is 0 Å². The van der Waals surface area contributed by atoms with Crippen LogP contribution in [0.15, 0.2) is 18.3 Å². The number of ether oxygens (including phenoxy) is 1. The SMILES string of the molecule is CCOc1ncccc1C(=O)C1CC1. The second kappa shape index (κ2) is 3.78. The van der Waals surface area contributed by atoms with Crippen LogP contribution >= 0.6 is 0 Å². The summed E-state index contributed by atoms with van der Waals surface area (Å²) >= 11 is 0. The highest BCUT2D eigenvalue weighted by Crippen LogP contribution is 2.34. The Labute approximate surface area is 83.1 Å². The fourth-order valence-corrected chi connectivity index (χ4v) is 1.40. The maximum atomic E-state index is 11.8. The molecule has 0 spiro atoms. The number of nitrogens with zero attached hydrogens (tertiary/aromatic N) is 1. The zero-order valence-corrected chi connectivity index (χ0v) is 8.19. The van der Waals surface area contributed by atoms with Crippen molar-refractivity contribution in [3.8, 4) is 5.88 Å².